The van der Waals surface area contributed by atoms with Crippen LogP contribution in [0, 0.1) is 30.6 Å². The minimum absolute atomic E-state index is 0.0877. The van der Waals surface area contributed by atoms with Crippen LogP contribution in [-0.2, 0) is 24.6 Å². The van der Waals surface area contributed by atoms with Gasteiger partial charge < -0.3 is 14.6 Å². The van der Waals surface area contributed by atoms with Gasteiger partial charge in [-0.25, -0.2) is 0 Å². The number of imide groups is 2. The first-order chi connectivity index (χ1) is 26.0. The molecule has 2 N–H and O–H groups in total. The van der Waals surface area contributed by atoms with Crippen LogP contribution in [-0.4, -0.2) is 53.7 Å². The number of aryl methyl sites for hydroxylation is 1. The molecule has 6 unspecified atom stereocenters. The van der Waals surface area contributed by atoms with Crippen LogP contribution >= 0.6 is 0 Å². The summed E-state index contributed by atoms with van der Waals surface area (Å²) in [4.78, 5) is 72.2. The van der Waals surface area contributed by atoms with Gasteiger partial charge in [0.1, 0.15) is 17.2 Å². The van der Waals surface area contributed by atoms with Gasteiger partial charge in [0, 0.05) is 29.2 Å². The Bertz CT molecular complexity index is 2250. The zero-order valence-electron chi connectivity index (χ0n) is 30.2. The number of nitrogens with one attached hydrogen (secondary N) is 1. The average molecular weight is 726 g/mol. The highest BCUT2D eigenvalue weighted by Crippen LogP contribution is 2.66. The summed E-state index contributed by atoms with van der Waals surface area (Å²) < 4.78 is 11.4. The van der Waals surface area contributed by atoms with Crippen LogP contribution < -0.4 is 19.8 Å². The third-order valence-corrected chi connectivity index (χ3v) is 11.8. The molecule has 2 heterocycles. The molecule has 4 amide bonds. The summed E-state index contributed by atoms with van der Waals surface area (Å²) in [5, 5.41) is 13.0. The maximum atomic E-state index is 15.4. The average Bonchev–Trinajstić information content (AvgIpc) is 3.56. The molecular formula is C43H39N3O8. The first kappa shape index (κ1) is 34.8. The number of amides is 4. The Morgan fingerprint density at radius 3 is 2.20 bits per heavy atom. The molecule has 2 aliphatic heterocycles. The van der Waals surface area contributed by atoms with E-state index in [1.807, 2.05) is 55.5 Å². The molecule has 4 aromatic carbocycles. The van der Waals surface area contributed by atoms with E-state index in [4.69, 9.17) is 9.47 Å². The summed E-state index contributed by atoms with van der Waals surface area (Å²) in [6.45, 7) is 3.38. The minimum atomic E-state index is -1.60. The van der Waals surface area contributed by atoms with Crippen LogP contribution in [0.2, 0.25) is 0 Å². The maximum absolute atomic E-state index is 15.4. The van der Waals surface area contributed by atoms with Crippen LogP contribution in [0.5, 0.6) is 17.2 Å². The first-order valence-electron chi connectivity index (χ1n) is 17.9. The van der Waals surface area contributed by atoms with Crippen molar-refractivity contribution in [2.45, 2.75) is 38.0 Å². The minimum Gasteiger partial charge on any atom is -0.507 e. The number of benzene rings is 4. The lowest BCUT2D eigenvalue weighted by Crippen LogP contribution is -2.53. The van der Waals surface area contributed by atoms with E-state index >= 15 is 4.79 Å². The number of methoxy groups -OCH3 is 2. The van der Waals surface area contributed by atoms with Crippen molar-refractivity contribution >= 4 is 40.8 Å². The molecule has 2 saturated heterocycles. The van der Waals surface area contributed by atoms with Gasteiger partial charge >= 0.3 is 0 Å². The molecule has 2 aliphatic carbocycles. The largest absolute Gasteiger partial charge is 0.507 e. The molecule has 274 valence electrons. The van der Waals surface area contributed by atoms with Gasteiger partial charge in [0.25, 0.3) is 11.8 Å². The number of aromatic hydroxyl groups is 1. The van der Waals surface area contributed by atoms with Gasteiger partial charge in [-0.15, -0.1) is 0 Å². The van der Waals surface area contributed by atoms with Crippen molar-refractivity contribution in [3.8, 4) is 17.2 Å². The number of ketones is 1. The molecule has 3 fully saturated rings. The van der Waals surface area contributed by atoms with Crippen molar-refractivity contribution in [2.24, 2.45) is 23.7 Å². The molecule has 11 nitrogen and oxygen atoms in total. The van der Waals surface area contributed by atoms with Gasteiger partial charge in [-0.05, 0) is 74.6 Å². The Kier molecular flexibility index (Phi) is 8.39. The molecule has 0 aromatic heterocycles. The number of carbonyl (C=O) groups excluding carboxylic acids is 5. The summed E-state index contributed by atoms with van der Waals surface area (Å²) >= 11 is 0. The number of allylic oxidation sites excluding steroid dienone is 2. The van der Waals surface area contributed by atoms with Gasteiger partial charge in [0.15, 0.2) is 5.78 Å². The molecule has 0 spiro atoms. The monoisotopic (exact) mass is 725 g/mol. The van der Waals surface area contributed by atoms with Gasteiger partial charge in [0.2, 0.25) is 11.8 Å². The maximum Gasteiger partial charge on any atom is 0.260 e. The Balaban J connectivity index is 1.33. The highest BCUT2D eigenvalue weighted by Gasteiger charge is 2.71. The summed E-state index contributed by atoms with van der Waals surface area (Å²) in [5.41, 5.74) is 5.33. The fraction of sp³-hybridized carbons (Fsp3) is 0.279. The quantitative estimate of drug-likeness (QED) is 0.125. The Morgan fingerprint density at radius 1 is 0.852 bits per heavy atom. The van der Waals surface area contributed by atoms with Crippen molar-refractivity contribution in [1.29, 1.82) is 0 Å². The van der Waals surface area contributed by atoms with E-state index < -0.39 is 52.7 Å². The molecule has 0 radical (unpaired) electrons. The second kappa shape index (κ2) is 13.0. The van der Waals surface area contributed by atoms with E-state index in [9.17, 15) is 24.3 Å². The molecule has 0 bridgehead atoms. The summed E-state index contributed by atoms with van der Waals surface area (Å²) in [6.07, 6.45) is 2.20. The zero-order valence-corrected chi connectivity index (χ0v) is 30.2. The summed E-state index contributed by atoms with van der Waals surface area (Å²) in [6, 6.07) is 25.8. The lowest BCUT2D eigenvalue weighted by atomic mass is 9.49. The highest BCUT2D eigenvalue weighted by atomic mass is 16.5. The smallest absolute Gasteiger partial charge is 0.260 e. The second-order valence-electron chi connectivity index (χ2n) is 14.5. The lowest BCUT2D eigenvalue weighted by molar-refractivity contribution is -0.138. The fourth-order valence-electron chi connectivity index (χ4n) is 9.33. The Labute approximate surface area is 312 Å². The zero-order chi connectivity index (χ0) is 38.1. The van der Waals surface area contributed by atoms with E-state index in [2.05, 4.69) is 5.43 Å². The van der Waals surface area contributed by atoms with Crippen LogP contribution in [0.4, 0.5) is 11.4 Å². The number of phenolic OH excluding ortho intramolecular Hbond substituents is 1. The van der Waals surface area contributed by atoms with Crippen molar-refractivity contribution in [3.63, 3.8) is 0 Å². The normalized spacial score (nSPS) is 25.9. The van der Waals surface area contributed by atoms with Crippen molar-refractivity contribution in [1.82, 2.24) is 5.01 Å². The highest BCUT2D eigenvalue weighted by molar-refractivity contribution is 6.22. The van der Waals surface area contributed by atoms with E-state index in [0.29, 0.717) is 33.8 Å². The third kappa shape index (κ3) is 5.05. The summed E-state index contributed by atoms with van der Waals surface area (Å²) in [7, 11) is 2.92. The number of fused-ring (bicyclic) bond motifs is 4. The van der Waals surface area contributed by atoms with E-state index in [0.717, 1.165) is 10.6 Å². The molecule has 1 saturated carbocycles. The third-order valence-electron chi connectivity index (χ3n) is 11.8. The number of hydrogen-bond donors (Lipinski definition) is 2. The van der Waals surface area contributed by atoms with E-state index in [-0.39, 0.29) is 41.6 Å². The molecule has 54 heavy (non-hydrogen) atoms. The van der Waals surface area contributed by atoms with Gasteiger partial charge in [-0.1, -0.05) is 59.7 Å². The van der Waals surface area contributed by atoms with Gasteiger partial charge in [-0.3, -0.25) is 34.3 Å². The molecule has 11 heteroatoms. The number of phenols is 1. The standard InChI is InChI=1S/C43H39N3O8/c1-23-10-14-27(15-11-23)44-46-40(50)33-22-32-30(18-19-31-36(32)41(51)45(39(31)49)28-16-12-25(13-17-28)24(2)47)38(37-34(48)20-29(53-3)21-35(37)54-4)43(33,42(46)52)26-8-6-5-7-9-26/h5-18,20-21,31-33,36,38,44,48H,19,22H2,1-4H3. The van der Waals surface area contributed by atoms with Gasteiger partial charge in [-0.2, -0.15) is 5.01 Å². The lowest BCUT2D eigenvalue weighted by Gasteiger charge is -2.50. The number of hydrazine groups is 1. The first-order valence-corrected chi connectivity index (χ1v) is 17.9. The van der Waals surface area contributed by atoms with Crippen LogP contribution in [0.1, 0.15) is 52.7 Å². The van der Waals surface area contributed by atoms with E-state index in [1.165, 1.54) is 32.1 Å². The Hall–Kier alpha value is -6.23. The summed E-state index contributed by atoms with van der Waals surface area (Å²) in [5.74, 6) is -5.83. The predicted molar refractivity (Wildman–Crippen MR) is 199 cm³/mol. The number of Topliss-reactive ketones (excluding diaryl/α,β-unsaturated/α-hetero) is 1. The topological polar surface area (TPSA) is 143 Å². The van der Waals surface area contributed by atoms with Crippen LogP contribution in [0.25, 0.3) is 0 Å². The molecule has 8 rings (SSSR count). The number of hydrogen-bond acceptors (Lipinski definition) is 9. The Morgan fingerprint density at radius 2 is 1.56 bits per heavy atom. The van der Waals surface area contributed by atoms with Crippen LogP contribution in [0.3, 0.4) is 0 Å². The molecule has 4 aliphatic rings. The fourth-order valence-corrected chi connectivity index (χ4v) is 9.33. The molecule has 6 atom stereocenters. The number of carbonyl (C=O) groups is 5. The SMILES string of the molecule is COc1cc(O)c(C2C3=CCC4C(=O)N(c5ccc(C(C)=O)cc5)C(=O)C4C3CC3C(=O)N(Nc4ccc(C)cc4)C(=O)C32c2ccccc2)c(OC)c1. The second-order valence-corrected chi connectivity index (χ2v) is 14.5. The molecule has 4 aromatic rings. The van der Waals surface area contributed by atoms with Crippen molar-refractivity contribution in [3.05, 3.63) is 125 Å². The predicted octanol–water partition coefficient (Wildman–Crippen LogP) is 6.11. The number of nitrogens with zero attached hydrogens (tertiary/aromatic N) is 2. The van der Waals surface area contributed by atoms with Crippen LogP contribution in [0.15, 0.2) is 103 Å². The van der Waals surface area contributed by atoms with Crippen molar-refractivity contribution < 1.29 is 38.6 Å². The number of rotatable bonds is 8. The van der Waals surface area contributed by atoms with Gasteiger partial charge in [0.05, 0.1) is 48.8 Å². The van der Waals surface area contributed by atoms with E-state index in [1.54, 1.807) is 42.5 Å². The molecular weight excluding hydrogens is 686 g/mol. The number of anilines is 2. The van der Waals surface area contributed by atoms with Crippen molar-refractivity contribution in [2.75, 3.05) is 24.5 Å². The number of ether oxygens (including phenoxy) is 2.